The van der Waals surface area contributed by atoms with Gasteiger partial charge in [-0.15, -0.1) is 24.3 Å². The van der Waals surface area contributed by atoms with Gasteiger partial charge < -0.3 is 18.8 Å². The standard InChI is InChI=1S/2C18H16NO.Pt/c2*1-12-10-13(2)17(14(3)11-12)15-6-4-8-19-18(15)16-7-5-9-20-16;/h2*4-6,8-11H,1-3H3;/q2*-1;+2. The molecule has 0 bridgehead atoms. The molecule has 0 saturated carbocycles. The minimum absolute atomic E-state index is 0. The van der Waals surface area contributed by atoms with Gasteiger partial charge in [-0.3, -0.25) is 0 Å². The molecule has 4 heterocycles. The second-order valence-electron chi connectivity index (χ2n) is 10.1. The molecular formula is C36H32N2O2Pt. The summed E-state index contributed by atoms with van der Waals surface area (Å²) in [4.78, 5) is 8.95. The van der Waals surface area contributed by atoms with Gasteiger partial charge in [0, 0.05) is 35.3 Å². The Balaban J connectivity index is 0.000000184. The van der Waals surface area contributed by atoms with E-state index in [0.717, 1.165) is 22.5 Å². The fourth-order valence-electron chi connectivity index (χ4n) is 5.53. The molecule has 0 aliphatic rings. The Hall–Kier alpha value is -4.01. The Morgan fingerprint density at radius 3 is 1.24 bits per heavy atom. The average Bonchev–Trinajstić information content (AvgIpc) is 3.64. The van der Waals surface area contributed by atoms with Gasteiger partial charge in [-0.05, 0) is 111 Å². The van der Waals surface area contributed by atoms with Gasteiger partial charge in [-0.2, -0.15) is 0 Å². The topological polar surface area (TPSA) is 52.1 Å². The maximum Gasteiger partial charge on any atom is 2.00 e. The summed E-state index contributed by atoms with van der Waals surface area (Å²) in [6.07, 6.45) is 6.83. The van der Waals surface area contributed by atoms with Gasteiger partial charge in [0.2, 0.25) is 0 Å². The molecule has 4 aromatic heterocycles. The van der Waals surface area contributed by atoms with Crippen molar-refractivity contribution < 1.29 is 29.9 Å². The molecule has 0 atom stereocenters. The van der Waals surface area contributed by atoms with Crippen LogP contribution in [0.2, 0.25) is 0 Å². The first-order valence-electron chi connectivity index (χ1n) is 13.3. The van der Waals surface area contributed by atoms with Gasteiger partial charge in [-0.1, -0.05) is 47.5 Å². The van der Waals surface area contributed by atoms with Crippen molar-refractivity contribution in [1.29, 1.82) is 0 Å². The molecule has 0 radical (unpaired) electrons. The van der Waals surface area contributed by atoms with Gasteiger partial charge in [0.05, 0.1) is 0 Å². The number of furan rings is 2. The van der Waals surface area contributed by atoms with Crippen LogP contribution in [-0.4, -0.2) is 9.97 Å². The molecule has 0 aliphatic carbocycles. The first kappa shape index (κ1) is 30.0. The van der Waals surface area contributed by atoms with Gasteiger partial charge >= 0.3 is 21.1 Å². The zero-order valence-corrected chi connectivity index (χ0v) is 26.4. The number of pyridine rings is 2. The summed E-state index contributed by atoms with van der Waals surface area (Å²) in [6.45, 7) is 12.8. The van der Waals surface area contributed by atoms with E-state index in [4.69, 9.17) is 8.83 Å². The number of nitrogens with zero attached hydrogens (tertiary/aromatic N) is 2. The van der Waals surface area contributed by atoms with Gasteiger partial charge in [0.15, 0.2) is 0 Å². The van der Waals surface area contributed by atoms with E-state index in [1.165, 1.54) is 44.5 Å². The third kappa shape index (κ3) is 6.50. The summed E-state index contributed by atoms with van der Waals surface area (Å²) < 4.78 is 10.9. The van der Waals surface area contributed by atoms with Crippen molar-refractivity contribution >= 4 is 0 Å². The Morgan fingerprint density at radius 1 is 0.561 bits per heavy atom. The van der Waals surface area contributed by atoms with Crippen molar-refractivity contribution in [3.63, 3.8) is 0 Å². The van der Waals surface area contributed by atoms with Gasteiger partial charge in [0.25, 0.3) is 0 Å². The molecule has 0 N–H and O–H groups in total. The molecule has 0 unspecified atom stereocenters. The predicted octanol–water partition coefficient (Wildman–Crippen LogP) is 9.47. The Labute approximate surface area is 256 Å². The minimum atomic E-state index is 0. The fourth-order valence-corrected chi connectivity index (χ4v) is 5.53. The van der Waals surface area contributed by atoms with Crippen LogP contribution in [0.15, 0.2) is 94.4 Å². The monoisotopic (exact) mass is 719 g/mol. The van der Waals surface area contributed by atoms with E-state index >= 15 is 0 Å². The van der Waals surface area contributed by atoms with Crippen LogP contribution in [-0.2, 0) is 21.1 Å². The van der Waals surface area contributed by atoms with Crippen LogP contribution in [0.5, 0.6) is 0 Å². The van der Waals surface area contributed by atoms with Crippen LogP contribution < -0.4 is 0 Å². The molecule has 208 valence electrons. The largest absolute Gasteiger partial charge is 2.00 e. The van der Waals surface area contributed by atoms with Crippen LogP contribution in [0, 0.1) is 53.7 Å². The van der Waals surface area contributed by atoms with Crippen molar-refractivity contribution in [2.45, 2.75) is 41.5 Å². The average molecular weight is 720 g/mol. The van der Waals surface area contributed by atoms with Crippen molar-refractivity contribution in [2.24, 2.45) is 0 Å². The molecule has 5 heteroatoms. The first-order chi connectivity index (χ1) is 19.3. The van der Waals surface area contributed by atoms with Crippen molar-refractivity contribution in [2.75, 3.05) is 0 Å². The number of hydrogen-bond acceptors (Lipinski definition) is 4. The molecule has 0 aliphatic heterocycles. The molecule has 0 saturated heterocycles. The van der Waals surface area contributed by atoms with E-state index in [1.54, 1.807) is 37.1 Å². The third-order valence-corrected chi connectivity index (χ3v) is 6.88. The quantitative estimate of drug-likeness (QED) is 0.171. The molecule has 6 aromatic rings. The Morgan fingerprint density at radius 2 is 0.927 bits per heavy atom. The van der Waals surface area contributed by atoms with E-state index < -0.39 is 0 Å². The minimum Gasteiger partial charge on any atom is -0.545 e. The molecule has 2 aromatic carbocycles. The van der Waals surface area contributed by atoms with E-state index in [2.05, 4.69) is 100 Å². The number of benzene rings is 2. The number of aromatic nitrogens is 2. The normalized spacial score (nSPS) is 10.5. The van der Waals surface area contributed by atoms with Crippen molar-refractivity contribution in [3.05, 3.63) is 131 Å². The summed E-state index contributed by atoms with van der Waals surface area (Å²) in [5.74, 6) is 1.36. The molecular weight excluding hydrogens is 687 g/mol. The van der Waals surface area contributed by atoms with E-state index in [-0.39, 0.29) is 21.1 Å². The smallest absolute Gasteiger partial charge is 0.545 e. The summed E-state index contributed by atoms with van der Waals surface area (Å²) in [5, 5.41) is 0. The molecule has 0 spiro atoms. The third-order valence-electron chi connectivity index (χ3n) is 6.88. The second kappa shape index (κ2) is 13.1. The van der Waals surface area contributed by atoms with E-state index in [9.17, 15) is 0 Å². The van der Waals surface area contributed by atoms with Crippen LogP contribution in [0.3, 0.4) is 0 Å². The maximum absolute atomic E-state index is 5.47. The van der Waals surface area contributed by atoms with Crippen LogP contribution in [0.1, 0.15) is 33.4 Å². The van der Waals surface area contributed by atoms with Crippen LogP contribution >= 0.6 is 0 Å². The SMILES string of the molecule is Cc1cc(C)c(-c2cccnc2-c2[c-]cco2)c(C)c1.Cc1cc(C)c(-c2cccnc2-c2[c-]cco2)c(C)c1.[Pt+2]. The van der Waals surface area contributed by atoms with Crippen LogP contribution in [0.4, 0.5) is 0 Å². The second-order valence-corrected chi connectivity index (χ2v) is 10.1. The fraction of sp³-hybridized carbons (Fsp3) is 0.167. The molecule has 4 nitrogen and oxygen atoms in total. The summed E-state index contributed by atoms with van der Waals surface area (Å²) in [7, 11) is 0. The number of aryl methyl sites for hydroxylation is 6. The molecule has 6 rings (SSSR count). The van der Waals surface area contributed by atoms with Crippen molar-refractivity contribution in [3.8, 4) is 45.2 Å². The van der Waals surface area contributed by atoms with Gasteiger partial charge in [0.1, 0.15) is 0 Å². The summed E-state index contributed by atoms with van der Waals surface area (Å²) >= 11 is 0. The van der Waals surface area contributed by atoms with Gasteiger partial charge in [-0.25, -0.2) is 0 Å². The first-order valence-corrected chi connectivity index (χ1v) is 13.3. The van der Waals surface area contributed by atoms with E-state index in [0.29, 0.717) is 11.5 Å². The molecule has 0 fully saturated rings. The summed E-state index contributed by atoms with van der Waals surface area (Å²) in [5.41, 5.74) is 13.9. The molecule has 41 heavy (non-hydrogen) atoms. The number of hydrogen-bond donors (Lipinski definition) is 0. The van der Waals surface area contributed by atoms with Crippen LogP contribution in [0.25, 0.3) is 45.2 Å². The maximum atomic E-state index is 5.47. The zero-order valence-electron chi connectivity index (χ0n) is 24.1. The number of rotatable bonds is 4. The van der Waals surface area contributed by atoms with E-state index in [1.807, 2.05) is 12.1 Å². The predicted molar refractivity (Wildman–Crippen MR) is 161 cm³/mol. The zero-order chi connectivity index (χ0) is 28.2. The Kier molecular flexibility index (Phi) is 9.57. The summed E-state index contributed by atoms with van der Waals surface area (Å²) in [6, 6.07) is 26.6. The van der Waals surface area contributed by atoms with Crippen molar-refractivity contribution in [1.82, 2.24) is 9.97 Å². The molecule has 0 amide bonds. The Bertz CT molecular complexity index is 1580.